The molecule has 0 spiro atoms. The molecule has 4 rings (SSSR count). The van der Waals surface area contributed by atoms with E-state index >= 15 is 0 Å². The Kier molecular flexibility index (Phi) is 5.02. The van der Waals surface area contributed by atoms with Gasteiger partial charge in [0, 0.05) is 29.7 Å². The first kappa shape index (κ1) is 17.4. The molecule has 0 radical (unpaired) electrons. The minimum absolute atomic E-state index is 0.214. The van der Waals surface area contributed by atoms with E-state index in [1.54, 1.807) is 36.5 Å². The van der Waals surface area contributed by atoms with Gasteiger partial charge in [-0.05, 0) is 48.0 Å². The molecule has 0 aliphatic carbocycles. The quantitative estimate of drug-likeness (QED) is 0.559. The van der Waals surface area contributed by atoms with Crippen LogP contribution in [0.4, 0.5) is 5.69 Å². The van der Waals surface area contributed by atoms with E-state index < -0.39 is 0 Å². The van der Waals surface area contributed by atoms with Crippen LogP contribution in [0.5, 0.6) is 0 Å². The first-order chi connectivity index (χ1) is 13.8. The highest BCUT2D eigenvalue weighted by molar-refractivity contribution is 6.04. The average molecular weight is 368 g/mol. The maximum absolute atomic E-state index is 12.2. The molecule has 6 heteroatoms. The van der Waals surface area contributed by atoms with Crippen molar-refractivity contribution < 1.29 is 9.32 Å². The molecule has 0 aliphatic heterocycles. The Morgan fingerprint density at radius 3 is 2.50 bits per heavy atom. The van der Waals surface area contributed by atoms with Crippen LogP contribution >= 0.6 is 0 Å². The van der Waals surface area contributed by atoms with E-state index in [-0.39, 0.29) is 5.91 Å². The summed E-state index contributed by atoms with van der Waals surface area (Å²) in [6.45, 7) is 0. The van der Waals surface area contributed by atoms with E-state index in [0.717, 1.165) is 11.1 Å². The number of amides is 1. The lowest BCUT2D eigenvalue weighted by atomic mass is 10.2. The fraction of sp³-hybridized carbons (Fsp3) is 0. The summed E-state index contributed by atoms with van der Waals surface area (Å²) in [7, 11) is 0. The summed E-state index contributed by atoms with van der Waals surface area (Å²) in [5, 5.41) is 6.83. The Morgan fingerprint density at radius 1 is 0.929 bits per heavy atom. The van der Waals surface area contributed by atoms with Gasteiger partial charge in [-0.1, -0.05) is 35.5 Å². The lowest BCUT2D eigenvalue weighted by Crippen LogP contribution is -2.11. The Balaban J connectivity index is 1.44. The smallest absolute Gasteiger partial charge is 0.257 e. The van der Waals surface area contributed by atoms with Gasteiger partial charge in [-0.2, -0.15) is 4.98 Å². The monoisotopic (exact) mass is 368 g/mol. The highest BCUT2D eigenvalue weighted by atomic mass is 16.5. The molecule has 1 N–H and O–H groups in total. The molecule has 2 heterocycles. The van der Waals surface area contributed by atoms with Gasteiger partial charge in [0.1, 0.15) is 0 Å². The van der Waals surface area contributed by atoms with Crippen LogP contribution in [0.25, 0.3) is 23.5 Å². The van der Waals surface area contributed by atoms with Gasteiger partial charge in [-0.25, -0.2) is 0 Å². The summed E-state index contributed by atoms with van der Waals surface area (Å²) in [4.78, 5) is 20.5. The van der Waals surface area contributed by atoms with Crippen LogP contribution in [-0.4, -0.2) is 21.0 Å². The summed E-state index contributed by atoms with van der Waals surface area (Å²) in [6, 6.07) is 20.5. The van der Waals surface area contributed by atoms with Crippen LogP contribution in [0.15, 0.2) is 83.6 Å². The van der Waals surface area contributed by atoms with Gasteiger partial charge >= 0.3 is 0 Å². The summed E-state index contributed by atoms with van der Waals surface area (Å²) in [5.74, 6) is 0.694. The largest absolute Gasteiger partial charge is 0.334 e. The zero-order valence-corrected chi connectivity index (χ0v) is 14.8. The van der Waals surface area contributed by atoms with E-state index in [1.165, 1.54) is 6.20 Å². The van der Waals surface area contributed by atoms with Crippen LogP contribution in [0, 0.1) is 0 Å². The topological polar surface area (TPSA) is 80.9 Å². The second kappa shape index (κ2) is 8.09. The number of hydrogen-bond donors (Lipinski definition) is 1. The molecule has 0 unspecified atom stereocenters. The highest BCUT2D eigenvalue weighted by Gasteiger charge is 2.09. The van der Waals surface area contributed by atoms with Crippen molar-refractivity contribution in [2.45, 2.75) is 0 Å². The number of nitrogens with one attached hydrogen (secondary N) is 1. The van der Waals surface area contributed by atoms with Crippen LogP contribution in [-0.2, 0) is 0 Å². The Bertz CT molecular complexity index is 1090. The molecular formula is C22H16N4O2. The third-order valence-electron chi connectivity index (χ3n) is 3.98. The van der Waals surface area contributed by atoms with Crippen molar-refractivity contribution >= 4 is 23.7 Å². The molecule has 2 aromatic heterocycles. The molecule has 0 fully saturated rings. The van der Waals surface area contributed by atoms with Gasteiger partial charge in [-0.15, -0.1) is 0 Å². The van der Waals surface area contributed by atoms with Crippen molar-refractivity contribution in [3.05, 3.63) is 96.1 Å². The zero-order valence-electron chi connectivity index (χ0n) is 14.8. The van der Waals surface area contributed by atoms with Crippen molar-refractivity contribution in [2.24, 2.45) is 0 Å². The van der Waals surface area contributed by atoms with Crippen molar-refractivity contribution in [1.29, 1.82) is 0 Å². The zero-order chi connectivity index (χ0) is 19.2. The number of pyridine rings is 1. The molecule has 0 aliphatic rings. The maximum atomic E-state index is 12.2. The van der Waals surface area contributed by atoms with Crippen molar-refractivity contribution in [1.82, 2.24) is 15.1 Å². The van der Waals surface area contributed by atoms with Crippen LogP contribution in [0.2, 0.25) is 0 Å². The van der Waals surface area contributed by atoms with Crippen molar-refractivity contribution in [2.75, 3.05) is 5.32 Å². The lowest BCUT2D eigenvalue weighted by Gasteiger charge is -2.05. The molecule has 0 atom stereocenters. The minimum atomic E-state index is -0.214. The predicted octanol–water partition coefficient (Wildman–Crippen LogP) is 4.55. The van der Waals surface area contributed by atoms with E-state index in [0.29, 0.717) is 23.0 Å². The average Bonchev–Trinajstić information content (AvgIpc) is 3.23. The third-order valence-corrected chi connectivity index (χ3v) is 3.98. The molecule has 0 bridgehead atoms. The molecular weight excluding hydrogens is 352 g/mol. The van der Waals surface area contributed by atoms with Crippen molar-refractivity contribution in [3.8, 4) is 11.4 Å². The Hall–Kier alpha value is -4.06. The number of rotatable bonds is 5. The maximum Gasteiger partial charge on any atom is 0.257 e. The summed E-state index contributed by atoms with van der Waals surface area (Å²) in [5.41, 5.74) is 3.02. The number of aromatic nitrogens is 3. The van der Waals surface area contributed by atoms with Crippen LogP contribution < -0.4 is 5.32 Å². The van der Waals surface area contributed by atoms with Gasteiger partial charge in [0.25, 0.3) is 11.8 Å². The molecule has 0 saturated carbocycles. The summed E-state index contributed by atoms with van der Waals surface area (Å²) in [6.07, 6.45) is 6.83. The van der Waals surface area contributed by atoms with E-state index in [2.05, 4.69) is 20.4 Å². The molecule has 0 saturated heterocycles. The normalized spacial score (nSPS) is 10.9. The van der Waals surface area contributed by atoms with Gasteiger partial charge < -0.3 is 9.84 Å². The third kappa shape index (κ3) is 4.19. The van der Waals surface area contributed by atoms with E-state index in [1.807, 2.05) is 48.5 Å². The van der Waals surface area contributed by atoms with Gasteiger partial charge in [-0.3, -0.25) is 9.78 Å². The number of nitrogens with zero attached hydrogens (tertiary/aromatic N) is 3. The Labute approximate surface area is 161 Å². The van der Waals surface area contributed by atoms with Crippen LogP contribution in [0.3, 0.4) is 0 Å². The molecule has 6 nitrogen and oxygen atoms in total. The molecule has 136 valence electrons. The number of carbonyl (C=O) groups excluding carboxylic acids is 1. The fourth-order valence-electron chi connectivity index (χ4n) is 2.55. The number of hydrogen-bond acceptors (Lipinski definition) is 5. The lowest BCUT2D eigenvalue weighted by molar-refractivity contribution is 0.102. The standard InChI is InChI=1S/C22H16N4O2/c27-22(18-7-4-14-23-15-18)24-19-11-9-17(10-12-19)21-25-20(28-26-21)13-8-16-5-2-1-3-6-16/h1-15H,(H,24,27). The SMILES string of the molecule is O=C(Nc1ccc(-c2noc(C=Cc3ccccc3)n2)cc1)c1cccnc1. The highest BCUT2D eigenvalue weighted by Crippen LogP contribution is 2.20. The summed E-state index contributed by atoms with van der Waals surface area (Å²) >= 11 is 0. The molecule has 28 heavy (non-hydrogen) atoms. The molecule has 1 amide bonds. The predicted molar refractivity (Wildman–Crippen MR) is 107 cm³/mol. The second-order valence-electron chi connectivity index (χ2n) is 5.97. The van der Waals surface area contributed by atoms with Gasteiger partial charge in [0.2, 0.25) is 5.82 Å². The summed E-state index contributed by atoms with van der Waals surface area (Å²) < 4.78 is 5.27. The molecule has 4 aromatic rings. The van der Waals surface area contributed by atoms with Gasteiger partial charge in [0.15, 0.2) is 0 Å². The first-order valence-electron chi connectivity index (χ1n) is 8.66. The fourth-order valence-corrected chi connectivity index (χ4v) is 2.55. The molecule has 2 aromatic carbocycles. The van der Waals surface area contributed by atoms with Crippen molar-refractivity contribution in [3.63, 3.8) is 0 Å². The number of benzene rings is 2. The van der Waals surface area contributed by atoms with Crippen LogP contribution in [0.1, 0.15) is 21.8 Å². The first-order valence-corrected chi connectivity index (χ1v) is 8.66. The van der Waals surface area contributed by atoms with E-state index in [4.69, 9.17) is 4.52 Å². The number of anilines is 1. The number of carbonyl (C=O) groups is 1. The Morgan fingerprint density at radius 2 is 1.75 bits per heavy atom. The second-order valence-corrected chi connectivity index (χ2v) is 5.97. The van der Waals surface area contributed by atoms with E-state index in [9.17, 15) is 4.79 Å². The van der Waals surface area contributed by atoms with Gasteiger partial charge in [0.05, 0.1) is 5.56 Å². The minimum Gasteiger partial charge on any atom is -0.334 e.